The lowest BCUT2D eigenvalue weighted by molar-refractivity contribution is -0.123. The van der Waals surface area contributed by atoms with Crippen molar-refractivity contribution in [3.05, 3.63) is 64.1 Å². The largest absolute Gasteiger partial charge is 0.325 e. The minimum atomic E-state index is -3.23. The van der Waals surface area contributed by atoms with E-state index in [-0.39, 0.29) is 38.8 Å². The molecule has 2 aromatic rings. The topological polar surface area (TPSA) is 104 Å². The van der Waals surface area contributed by atoms with Crippen LogP contribution in [0.1, 0.15) is 23.1 Å². The first kappa shape index (κ1) is 24.7. The number of benzene rings is 2. The van der Waals surface area contributed by atoms with E-state index in [0.717, 1.165) is 22.9 Å². The van der Waals surface area contributed by atoms with Gasteiger partial charge in [-0.25, -0.2) is 8.42 Å². The van der Waals surface area contributed by atoms with Gasteiger partial charge in [0.15, 0.2) is 9.84 Å². The van der Waals surface area contributed by atoms with Gasteiger partial charge in [-0.15, -0.1) is 0 Å². The van der Waals surface area contributed by atoms with Crippen LogP contribution in [0.2, 0.25) is 0 Å². The number of hydrogen-bond donors (Lipinski definition) is 1. The third kappa shape index (κ3) is 4.35. The Labute approximate surface area is 218 Å². The molecule has 8 nitrogen and oxygen atoms in total. The van der Waals surface area contributed by atoms with E-state index < -0.39 is 27.7 Å². The fourth-order valence-corrected chi connectivity index (χ4v) is 7.82. The predicted octanol–water partition coefficient (Wildman–Crippen LogP) is 3.05. The van der Waals surface area contributed by atoms with E-state index in [0.29, 0.717) is 23.4 Å². The molecule has 0 spiro atoms. The number of amides is 3. The van der Waals surface area contributed by atoms with Crippen molar-refractivity contribution in [2.75, 3.05) is 28.3 Å². The van der Waals surface area contributed by atoms with Gasteiger partial charge in [0, 0.05) is 11.3 Å². The van der Waals surface area contributed by atoms with E-state index in [2.05, 4.69) is 5.32 Å². The molecule has 0 radical (unpaired) electrons. The number of anilines is 2. The van der Waals surface area contributed by atoms with Crippen LogP contribution >= 0.6 is 24.0 Å². The molecule has 0 bridgehead atoms. The molecule has 0 aliphatic carbocycles. The fourth-order valence-electron chi connectivity index (χ4n) is 4.64. The van der Waals surface area contributed by atoms with Crippen molar-refractivity contribution in [1.29, 1.82) is 0 Å². The Morgan fingerprint density at radius 1 is 1.11 bits per heavy atom. The van der Waals surface area contributed by atoms with Gasteiger partial charge in [0.05, 0.1) is 33.7 Å². The van der Waals surface area contributed by atoms with Crippen molar-refractivity contribution in [1.82, 2.24) is 4.90 Å². The van der Waals surface area contributed by atoms with Crippen LogP contribution in [0.25, 0.3) is 5.57 Å². The molecule has 3 amide bonds. The zero-order valence-corrected chi connectivity index (χ0v) is 22.1. The molecule has 2 fully saturated rings. The number of fused-ring (bicyclic) bond motifs is 1. The Balaban J connectivity index is 1.44. The van der Waals surface area contributed by atoms with Crippen molar-refractivity contribution >= 4 is 72.8 Å². The number of carbonyl (C=O) groups excluding carboxylic acids is 3. The summed E-state index contributed by atoms with van der Waals surface area (Å²) in [5, 5.41) is 2.83. The number of sulfone groups is 1. The number of nitrogens with one attached hydrogen (secondary N) is 1. The zero-order chi connectivity index (χ0) is 25.8. The zero-order valence-electron chi connectivity index (χ0n) is 19.6. The van der Waals surface area contributed by atoms with Crippen LogP contribution in [-0.2, 0) is 24.2 Å². The maximum absolute atomic E-state index is 13.6. The molecule has 0 unspecified atom stereocenters. The lowest BCUT2D eigenvalue weighted by Crippen LogP contribution is -2.39. The molecule has 0 aromatic heterocycles. The summed E-state index contributed by atoms with van der Waals surface area (Å²) in [6.45, 7) is 3.71. The molecule has 3 aliphatic rings. The lowest BCUT2D eigenvalue weighted by atomic mass is 10.1. The van der Waals surface area contributed by atoms with Gasteiger partial charge in [-0.3, -0.25) is 24.2 Å². The standard InChI is InChI=1S/C25H23N3O5S3/c1-14-7-8-16(11-15(14)2)26-20(29)12-27-19-6-4-3-5-18(19)21(23(27)30)22-24(31)28(25(34)35-22)17-9-10-36(32,33)13-17/h3-8,11,17H,9-10,12-13H2,1-2H3,(H,26,29)/b22-21-/t17-/m0/s1. The first-order valence-corrected chi connectivity index (χ1v) is 14.4. The molecular weight excluding hydrogens is 518 g/mol. The second-order valence-electron chi connectivity index (χ2n) is 9.06. The van der Waals surface area contributed by atoms with Gasteiger partial charge in [0.25, 0.3) is 11.8 Å². The molecule has 3 heterocycles. The molecule has 1 N–H and O–H groups in total. The van der Waals surface area contributed by atoms with Crippen molar-refractivity contribution in [3.8, 4) is 0 Å². The van der Waals surface area contributed by atoms with Crippen molar-refractivity contribution in [3.63, 3.8) is 0 Å². The maximum Gasteiger partial charge on any atom is 0.267 e. The highest BCUT2D eigenvalue weighted by Crippen LogP contribution is 2.45. The lowest BCUT2D eigenvalue weighted by Gasteiger charge is -2.21. The highest BCUT2D eigenvalue weighted by molar-refractivity contribution is 8.26. The van der Waals surface area contributed by atoms with Crippen LogP contribution in [0.5, 0.6) is 0 Å². The summed E-state index contributed by atoms with van der Waals surface area (Å²) >= 11 is 6.43. The molecule has 11 heteroatoms. The average Bonchev–Trinajstić information content (AvgIpc) is 3.41. The van der Waals surface area contributed by atoms with Gasteiger partial charge in [0.1, 0.15) is 10.9 Å². The molecule has 36 heavy (non-hydrogen) atoms. The summed E-state index contributed by atoms with van der Waals surface area (Å²) in [6.07, 6.45) is 0.312. The van der Waals surface area contributed by atoms with Gasteiger partial charge in [-0.05, 0) is 49.6 Å². The molecular formula is C25H23N3O5S3. The Kier molecular flexibility index (Phi) is 6.26. The summed E-state index contributed by atoms with van der Waals surface area (Å²) in [5.41, 5.74) is 4.03. The second-order valence-corrected chi connectivity index (χ2v) is 12.9. The summed E-state index contributed by atoms with van der Waals surface area (Å²) < 4.78 is 24.2. The highest BCUT2D eigenvalue weighted by Gasteiger charge is 2.46. The minimum Gasteiger partial charge on any atom is -0.325 e. The van der Waals surface area contributed by atoms with E-state index in [1.165, 1.54) is 9.80 Å². The van der Waals surface area contributed by atoms with Crippen LogP contribution in [0.3, 0.4) is 0 Å². The summed E-state index contributed by atoms with van der Waals surface area (Å²) in [6, 6.07) is 12.0. The van der Waals surface area contributed by atoms with Crippen LogP contribution in [-0.4, -0.2) is 59.5 Å². The van der Waals surface area contributed by atoms with E-state index in [9.17, 15) is 22.8 Å². The Bertz CT molecular complexity index is 1480. The van der Waals surface area contributed by atoms with Gasteiger partial charge >= 0.3 is 0 Å². The van der Waals surface area contributed by atoms with Gasteiger partial charge in [0.2, 0.25) is 5.91 Å². The number of thioether (sulfide) groups is 1. The number of nitrogens with zero attached hydrogens (tertiary/aromatic N) is 2. The SMILES string of the molecule is Cc1ccc(NC(=O)CN2C(=O)/C(=C3\SC(=S)N([C@H]4CCS(=O)(=O)C4)C3=O)c3ccccc32)cc1C. The van der Waals surface area contributed by atoms with Crippen LogP contribution in [0.15, 0.2) is 47.4 Å². The van der Waals surface area contributed by atoms with Gasteiger partial charge < -0.3 is 5.32 Å². The van der Waals surface area contributed by atoms with Gasteiger partial charge in [-0.1, -0.05) is 48.2 Å². The van der Waals surface area contributed by atoms with E-state index in [1.807, 2.05) is 26.0 Å². The van der Waals surface area contributed by atoms with E-state index in [1.54, 1.807) is 30.3 Å². The van der Waals surface area contributed by atoms with Crippen molar-refractivity contribution < 1.29 is 22.8 Å². The number of aryl methyl sites for hydroxylation is 2. The number of thiocarbonyl (C=S) groups is 1. The third-order valence-electron chi connectivity index (χ3n) is 6.62. The molecule has 3 aliphatic heterocycles. The molecule has 0 saturated carbocycles. The first-order valence-electron chi connectivity index (χ1n) is 11.3. The summed E-state index contributed by atoms with van der Waals surface area (Å²) in [4.78, 5) is 42.7. The first-order chi connectivity index (χ1) is 17.1. The Morgan fingerprint density at radius 2 is 1.86 bits per heavy atom. The Morgan fingerprint density at radius 3 is 2.56 bits per heavy atom. The number of rotatable bonds is 4. The quantitative estimate of drug-likeness (QED) is 0.469. The average molecular weight is 542 g/mol. The predicted molar refractivity (Wildman–Crippen MR) is 144 cm³/mol. The van der Waals surface area contributed by atoms with Gasteiger partial charge in [-0.2, -0.15) is 0 Å². The number of carbonyl (C=O) groups is 3. The van der Waals surface area contributed by atoms with Crippen molar-refractivity contribution in [2.24, 2.45) is 0 Å². The van der Waals surface area contributed by atoms with E-state index in [4.69, 9.17) is 12.2 Å². The molecule has 2 saturated heterocycles. The second kappa shape index (κ2) is 9.13. The highest BCUT2D eigenvalue weighted by atomic mass is 32.2. The van der Waals surface area contributed by atoms with Crippen LogP contribution in [0, 0.1) is 13.8 Å². The smallest absolute Gasteiger partial charge is 0.267 e. The van der Waals surface area contributed by atoms with E-state index >= 15 is 0 Å². The van der Waals surface area contributed by atoms with Crippen LogP contribution in [0.4, 0.5) is 11.4 Å². The van der Waals surface area contributed by atoms with Crippen LogP contribution < -0.4 is 10.2 Å². The fraction of sp³-hybridized carbons (Fsp3) is 0.280. The summed E-state index contributed by atoms with van der Waals surface area (Å²) in [5.74, 6) is -1.44. The van der Waals surface area contributed by atoms with Crippen molar-refractivity contribution in [2.45, 2.75) is 26.3 Å². The maximum atomic E-state index is 13.6. The normalized spacial score (nSPS) is 22.9. The number of para-hydroxylation sites is 1. The molecule has 5 rings (SSSR count). The molecule has 1 atom stereocenters. The number of hydrogen-bond acceptors (Lipinski definition) is 7. The minimum absolute atomic E-state index is 0.00575. The third-order valence-corrected chi connectivity index (χ3v) is 9.77. The molecule has 186 valence electrons. The summed E-state index contributed by atoms with van der Waals surface area (Å²) in [7, 11) is -3.23. The Hall–Kier alpha value is -3.02. The molecule has 2 aromatic carbocycles. The monoisotopic (exact) mass is 541 g/mol.